The van der Waals surface area contributed by atoms with Gasteiger partial charge in [0.25, 0.3) is 0 Å². The highest BCUT2D eigenvalue weighted by Gasteiger charge is 2.29. The van der Waals surface area contributed by atoms with E-state index in [1.165, 1.54) is 32.2 Å². The fourth-order valence-corrected chi connectivity index (χ4v) is 3.67. The number of likely N-dealkylation sites (N-methyl/N-ethyl adjacent to an activating group) is 1. The minimum atomic E-state index is -0.122. The van der Waals surface area contributed by atoms with Crippen molar-refractivity contribution in [3.8, 4) is 0 Å². The summed E-state index contributed by atoms with van der Waals surface area (Å²) in [4.78, 5) is 2.37. The van der Waals surface area contributed by atoms with Gasteiger partial charge in [0.05, 0.1) is 6.10 Å². The summed E-state index contributed by atoms with van der Waals surface area (Å²) >= 11 is 0. The summed E-state index contributed by atoms with van der Waals surface area (Å²) in [5, 5.41) is 13.8. The van der Waals surface area contributed by atoms with Crippen molar-refractivity contribution in [2.75, 3.05) is 26.7 Å². The Kier molecular flexibility index (Phi) is 5.46. The normalized spacial score (nSPS) is 32.8. The Labute approximate surface area is 112 Å². The van der Waals surface area contributed by atoms with Crippen LogP contribution in [0.5, 0.6) is 0 Å². The Bertz CT molecular complexity index is 241. The van der Waals surface area contributed by atoms with Crippen LogP contribution in [0.1, 0.15) is 45.4 Å². The lowest BCUT2D eigenvalue weighted by atomic mass is 9.88. The van der Waals surface area contributed by atoms with Crippen LogP contribution in [0, 0.1) is 11.8 Å². The van der Waals surface area contributed by atoms with Crippen LogP contribution in [0.4, 0.5) is 0 Å². The second-order valence-electron chi connectivity index (χ2n) is 6.45. The summed E-state index contributed by atoms with van der Waals surface area (Å²) in [5.41, 5.74) is 0. The number of hydrogen-bond donors (Lipinski definition) is 2. The summed E-state index contributed by atoms with van der Waals surface area (Å²) in [6.45, 7) is 5.46. The van der Waals surface area contributed by atoms with E-state index in [4.69, 9.17) is 0 Å². The standard InChI is InChI=1S/C15H30N2O/c1-3-15(18)13-8-14(11-17(2)10-13)16-9-12-6-4-5-7-12/h12-16,18H,3-11H2,1-2H3. The van der Waals surface area contributed by atoms with Gasteiger partial charge in [-0.2, -0.15) is 0 Å². The zero-order chi connectivity index (χ0) is 13.0. The van der Waals surface area contributed by atoms with Gasteiger partial charge in [-0.25, -0.2) is 0 Å². The Hall–Kier alpha value is -0.120. The van der Waals surface area contributed by atoms with E-state index in [1.807, 2.05) is 0 Å². The zero-order valence-corrected chi connectivity index (χ0v) is 12.1. The number of rotatable bonds is 5. The van der Waals surface area contributed by atoms with Crippen LogP contribution in [0.3, 0.4) is 0 Å². The van der Waals surface area contributed by atoms with E-state index in [0.29, 0.717) is 12.0 Å². The van der Waals surface area contributed by atoms with E-state index in [-0.39, 0.29) is 6.10 Å². The predicted octanol–water partition coefficient (Wildman–Crippen LogP) is 1.86. The minimum absolute atomic E-state index is 0.122. The second-order valence-corrected chi connectivity index (χ2v) is 6.45. The first-order valence-corrected chi connectivity index (χ1v) is 7.79. The molecule has 1 aliphatic carbocycles. The third-order valence-corrected chi connectivity index (χ3v) is 4.80. The summed E-state index contributed by atoms with van der Waals surface area (Å²) in [7, 11) is 2.18. The fraction of sp³-hybridized carbons (Fsp3) is 1.00. The van der Waals surface area contributed by atoms with Gasteiger partial charge in [-0.05, 0) is 51.1 Å². The molecule has 1 saturated heterocycles. The maximum atomic E-state index is 10.0. The Balaban J connectivity index is 1.76. The third kappa shape index (κ3) is 3.94. The molecule has 1 heterocycles. The van der Waals surface area contributed by atoms with E-state index in [2.05, 4.69) is 24.2 Å². The molecule has 2 rings (SSSR count). The highest BCUT2D eigenvalue weighted by Crippen LogP contribution is 2.25. The molecule has 0 radical (unpaired) electrons. The molecule has 0 bridgehead atoms. The van der Waals surface area contributed by atoms with Crippen molar-refractivity contribution in [3.63, 3.8) is 0 Å². The summed E-state index contributed by atoms with van der Waals surface area (Å²) in [6.07, 6.45) is 7.58. The summed E-state index contributed by atoms with van der Waals surface area (Å²) in [5.74, 6) is 1.36. The second kappa shape index (κ2) is 6.88. The molecule has 0 aromatic carbocycles. The minimum Gasteiger partial charge on any atom is -0.393 e. The van der Waals surface area contributed by atoms with Gasteiger partial charge in [0.1, 0.15) is 0 Å². The van der Waals surface area contributed by atoms with Crippen molar-refractivity contribution in [1.82, 2.24) is 10.2 Å². The number of likely N-dealkylation sites (tertiary alicyclic amines) is 1. The molecule has 2 N–H and O–H groups in total. The van der Waals surface area contributed by atoms with Crippen LogP contribution in [0.15, 0.2) is 0 Å². The lowest BCUT2D eigenvalue weighted by molar-refractivity contribution is 0.0440. The molecule has 0 aromatic rings. The van der Waals surface area contributed by atoms with Gasteiger partial charge in [-0.15, -0.1) is 0 Å². The summed E-state index contributed by atoms with van der Waals surface area (Å²) < 4.78 is 0. The molecule has 1 aliphatic heterocycles. The Morgan fingerprint density at radius 2 is 2.00 bits per heavy atom. The first-order valence-electron chi connectivity index (χ1n) is 7.79. The van der Waals surface area contributed by atoms with Crippen molar-refractivity contribution < 1.29 is 5.11 Å². The van der Waals surface area contributed by atoms with Crippen LogP contribution >= 0.6 is 0 Å². The van der Waals surface area contributed by atoms with E-state index in [9.17, 15) is 5.11 Å². The van der Waals surface area contributed by atoms with E-state index in [0.717, 1.165) is 31.8 Å². The van der Waals surface area contributed by atoms with E-state index in [1.54, 1.807) is 0 Å². The smallest absolute Gasteiger partial charge is 0.0578 e. The van der Waals surface area contributed by atoms with Gasteiger partial charge >= 0.3 is 0 Å². The average Bonchev–Trinajstić information content (AvgIpc) is 2.88. The zero-order valence-electron chi connectivity index (χ0n) is 12.1. The monoisotopic (exact) mass is 254 g/mol. The lowest BCUT2D eigenvalue weighted by Gasteiger charge is -2.38. The maximum Gasteiger partial charge on any atom is 0.0578 e. The molecule has 0 amide bonds. The van der Waals surface area contributed by atoms with Gasteiger partial charge in [0.2, 0.25) is 0 Å². The molecule has 0 spiro atoms. The average molecular weight is 254 g/mol. The number of hydrogen-bond acceptors (Lipinski definition) is 3. The number of piperidine rings is 1. The molecule has 2 aliphatic rings. The molecule has 106 valence electrons. The highest BCUT2D eigenvalue weighted by molar-refractivity contribution is 4.86. The molecule has 18 heavy (non-hydrogen) atoms. The lowest BCUT2D eigenvalue weighted by Crippen LogP contribution is -2.51. The van der Waals surface area contributed by atoms with Crippen molar-refractivity contribution >= 4 is 0 Å². The van der Waals surface area contributed by atoms with Gasteiger partial charge in [-0.3, -0.25) is 0 Å². The molecular weight excluding hydrogens is 224 g/mol. The first kappa shape index (κ1) is 14.3. The molecule has 3 atom stereocenters. The molecule has 3 nitrogen and oxygen atoms in total. The third-order valence-electron chi connectivity index (χ3n) is 4.80. The van der Waals surface area contributed by atoms with Gasteiger partial charge < -0.3 is 15.3 Å². The van der Waals surface area contributed by atoms with Crippen LogP contribution in [-0.4, -0.2) is 48.8 Å². The van der Waals surface area contributed by atoms with E-state index >= 15 is 0 Å². The van der Waals surface area contributed by atoms with Gasteiger partial charge in [-0.1, -0.05) is 19.8 Å². The molecular formula is C15H30N2O. The first-order chi connectivity index (χ1) is 8.69. The number of aliphatic hydroxyl groups excluding tert-OH is 1. The summed E-state index contributed by atoms with van der Waals surface area (Å²) in [6, 6.07) is 0.579. The largest absolute Gasteiger partial charge is 0.393 e. The number of nitrogens with one attached hydrogen (secondary N) is 1. The molecule has 1 saturated carbocycles. The molecule has 3 unspecified atom stereocenters. The molecule has 0 aromatic heterocycles. The fourth-order valence-electron chi connectivity index (χ4n) is 3.67. The van der Waals surface area contributed by atoms with Crippen molar-refractivity contribution in [1.29, 1.82) is 0 Å². The van der Waals surface area contributed by atoms with Crippen molar-refractivity contribution in [3.05, 3.63) is 0 Å². The van der Waals surface area contributed by atoms with Crippen LogP contribution in [-0.2, 0) is 0 Å². The van der Waals surface area contributed by atoms with E-state index < -0.39 is 0 Å². The maximum absolute atomic E-state index is 10.0. The van der Waals surface area contributed by atoms with Gasteiger partial charge in [0.15, 0.2) is 0 Å². The number of aliphatic hydroxyl groups is 1. The topological polar surface area (TPSA) is 35.5 Å². The Morgan fingerprint density at radius 1 is 1.28 bits per heavy atom. The van der Waals surface area contributed by atoms with Crippen LogP contribution in [0.25, 0.3) is 0 Å². The van der Waals surface area contributed by atoms with Crippen molar-refractivity contribution in [2.45, 2.75) is 57.6 Å². The van der Waals surface area contributed by atoms with Crippen molar-refractivity contribution in [2.24, 2.45) is 11.8 Å². The molecule has 2 fully saturated rings. The SMILES string of the molecule is CCC(O)C1CC(NCC2CCCC2)CN(C)C1. The van der Waals surface area contributed by atoms with Crippen LogP contribution < -0.4 is 5.32 Å². The number of nitrogens with zero attached hydrogens (tertiary/aromatic N) is 1. The highest BCUT2D eigenvalue weighted by atomic mass is 16.3. The quantitative estimate of drug-likeness (QED) is 0.786. The predicted molar refractivity (Wildman–Crippen MR) is 75.7 cm³/mol. The van der Waals surface area contributed by atoms with Crippen LogP contribution in [0.2, 0.25) is 0 Å². The Morgan fingerprint density at radius 3 is 2.67 bits per heavy atom. The van der Waals surface area contributed by atoms with Gasteiger partial charge in [0, 0.05) is 19.1 Å². The molecule has 3 heteroatoms.